The third-order valence-corrected chi connectivity index (χ3v) is 3.97. The van der Waals surface area contributed by atoms with Crippen molar-refractivity contribution in [1.29, 1.82) is 0 Å². The molecule has 0 saturated carbocycles. The zero-order valence-electron chi connectivity index (χ0n) is 10.9. The number of fused-ring (bicyclic) bond motifs is 1. The number of benzene rings is 2. The van der Waals surface area contributed by atoms with Crippen LogP contribution in [0.2, 0.25) is 5.02 Å². The number of hydrogen-bond donors (Lipinski definition) is 1. The number of nitrogens with zero attached hydrogens (tertiary/aromatic N) is 1. The lowest BCUT2D eigenvalue weighted by Gasteiger charge is -2.02. The average molecular weight is 319 g/mol. The van der Waals surface area contributed by atoms with E-state index in [-0.39, 0.29) is 12.3 Å². The summed E-state index contributed by atoms with van der Waals surface area (Å²) in [5, 5.41) is 1.23. The van der Waals surface area contributed by atoms with Crippen molar-refractivity contribution in [3.05, 3.63) is 53.1 Å². The van der Waals surface area contributed by atoms with Crippen molar-refractivity contribution in [2.24, 2.45) is 5.73 Å². The lowest BCUT2D eigenvalue weighted by Crippen LogP contribution is -2.13. The Kier molecular flexibility index (Phi) is 3.77. The van der Waals surface area contributed by atoms with Gasteiger partial charge in [-0.15, -0.1) is 0 Å². The van der Waals surface area contributed by atoms with Crippen LogP contribution in [0.15, 0.2) is 42.5 Å². The lowest BCUT2D eigenvalue weighted by atomic mass is 10.1. The van der Waals surface area contributed by atoms with Crippen LogP contribution in [0.4, 0.5) is 0 Å². The van der Waals surface area contributed by atoms with Crippen LogP contribution < -0.4 is 10.5 Å². The Morgan fingerprint density at radius 1 is 1.24 bits per heavy atom. The van der Waals surface area contributed by atoms with Crippen molar-refractivity contribution in [3.63, 3.8) is 0 Å². The van der Waals surface area contributed by atoms with E-state index in [0.29, 0.717) is 16.0 Å². The number of carbonyl (C=O) groups excluding carboxylic acids is 1. The van der Waals surface area contributed by atoms with Crippen LogP contribution in [0.5, 0.6) is 10.9 Å². The summed E-state index contributed by atoms with van der Waals surface area (Å²) in [5.74, 6) is 0.306. The molecule has 3 rings (SSSR count). The topological polar surface area (TPSA) is 65.2 Å². The van der Waals surface area contributed by atoms with Crippen LogP contribution in [-0.4, -0.2) is 10.9 Å². The summed E-state index contributed by atoms with van der Waals surface area (Å²) in [5.41, 5.74) is 6.86. The number of hydrogen-bond acceptors (Lipinski definition) is 4. The van der Waals surface area contributed by atoms with Crippen molar-refractivity contribution < 1.29 is 9.53 Å². The number of aromatic nitrogens is 1. The first-order chi connectivity index (χ1) is 10.1. The fourth-order valence-corrected chi connectivity index (χ4v) is 3.01. The molecule has 106 valence electrons. The number of ether oxygens (including phenoxy) is 1. The first kappa shape index (κ1) is 13.9. The quantitative estimate of drug-likeness (QED) is 0.796. The Hall–Kier alpha value is -2.11. The number of rotatable bonds is 4. The van der Waals surface area contributed by atoms with E-state index in [1.165, 1.54) is 11.3 Å². The summed E-state index contributed by atoms with van der Waals surface area (Å²) < 4.78 is 6.69. The highest BCUT2D eigenvalue weighted by molar-refractivity contribution is 7.20. The number of nitrogens with two attached hydrogens (primary N) is 1. The van der Waals surface area contributed by atoms with Gasteiger partial charge in [0, 0.05) is 5.02 Å². The Morgan fingerprint density at radius 3 is 2.71 bits per heavy atom. The molecule has 3 aromatic rings. The minimum atomic E-state index is -0.355. The molecule has 0 aliphatic rings. The number of primary amides is 1. The number of amides is 1. The van der Waals surface area contributed by atoms with Gasteiger partial charge in [-0.25, -0.2) is 4.98 Å². The lowest BCUT2D eigenvalue weighted by molar-refractivity contribution is -0.117. The van der Waals surface area contributed by atoms with Gasteiger partial charge in [0.15, 0.2) is 0 Å². The summed E-state index contributed by atoms with van der Waals surface area (Å²) in [6.07, 6.45) is 0.222. The van der Waals surface area contributed by atoms with Crippen LogP contribution >= 0.6 is 22.9 Å². The van der Waals surface area contributed by atoms with E-state index in [4.69, 9.17) is 22.1 Å². The minimum absolute atomic E-state index is 0.222. The summed E-state index contributed by atoms with van der Waals surface area (Å²) >= 11 is 7.38. The summed E-state index contributed by atoms with van der Waals surface area (Å²) in [7, 11) is 0. The molecule has 21 heavy (non-hydrogen) atoms. The van der Waals surface area contributed by atoms with Gasteiger partial charge in [-0.1, -0.05) is 35.1 Å². The third-order valence-electron chi connectivity index (χ3n) is 2.84. The van der Waals surface area contributed by atoms with Crippen molar-refractivity contribution in [2.45, 2.75) is 6.42 Å². The van der Waals surface area contributed by atoms with Gasteiger partial charge in [0.1, 0.15) is 5.75 Å². The third kappa shape index (κ3) is 3.32. The summed E-state index contributed by atoms with van der Waals surface area (Å²) in [4.78, 5) is 15.2. The van der Waals surface area contributed by atoms with Crippen molar-refractivity contribution in [2.75, 3.05) is 0 Å². The Labute approximate surface area is 130 Å². The molecule has 0 fully saturated rings. The van der Waals surface area contributed by atoms with Crippen molar-refractivity contribution >= 4 is 39.1 Å². The van der Waals surface area contributed by atoms with Gasteiger partial charge in [-0.2, -0.15) is 0 Å². The monoisotopic (exact) mass is 318 g/mol. The molecule has 1 amide bonds. The highest BCUT2D eigenvalue weighted by Gasteiger charge is 2.07. The average Bonchev–Trinajstić information content (AvgIpc) is 2.82. The SMILES string of the molecule is NC(=O)Cc1ccc(Oc2nc3ccc(Cl)cc3s2)cc1. The molecule has 0 radical (unpaired) electrons. The molecule has 2 N–H and O–H groups in total. The van der Waals surface area contributed by atoms with Crippen LogP contribution in [0.1, 0.15) is 5.56 Å². The first-order valence-electron chi connectivity index (χ1n) is 6.21. The van der Waals surface area contributed by atoms with Crippen LogP contribution in [0.25, 0.3) is 10.2 Å². The number of thiazole rings is 1. The van der Waals surface area contributed by atoms with Gasteiger partial charge in [0.2, 0.25) is 5.91 Å². The first-order valence-corrected chi connectivity index (χ1v) is 7.41. The molecule has 0 aliphatic heterocycles. The summed E-state index contributed by atoms with van der Waals surface area (Å²) in [6.45, 7) is 0. The smallest absolute Gasteiger partial charge is 0.279 e. The van der Waals surface area contributed by atoms with Crippen LogP contribution in [0, 0.1) is 0 Å². The molecule has 0 spiro atoms. The predicted molar refractivity (Wildman–Crippen MR) is 84.0 cm³/mol. The highest BCUT2D eigenvalue weighted by atomic mass is 35.5. The maximum atomic E-state index is 10.8. The second kappa shape index (κ2) is 5.71. The van der Waals surface area contributed by atoms with Crippen LogP contribution in [0.3, 0.4) is 0 Å². The van der Waals surface area contributed by atoms with E-state index in [0.717, 1.165) is 15.8 Å². The molecule has 6 heteroatoms. The van der Waals surface area contributed by atoms with Gasteiger partial charge < -0.3 is 10.5 Å². The highest BCUT2D eigenvalue weighted by Crippen LogP contribution is 2.32. The molecule has 2 aromatic carbocycles. The zero-order chi connectivity index (χ0) is 14.8. The van der Waals surface area contributed by atoms with Crippen LogP contribution in [-0.2, 0) is 11.2 Å². The minimum Gasteiger partial charge on any atom is -0.431 e. The number of carbonyl (C=O) groups is 1. The van der Waals surface area contributed by atoms with E-state index in [2.05, 4.69) is 4.98 Å². The molecule has 0 unspecified atom stereocenters. The molecular weight excluding hydrogens is 308 g/mol. The molecule has 1 aromatic heterocycles. The fraction of sp³-hybridized carbons (Fsp3) is 0.0667. The van der Waals surface area contributed by atoms with E-state index < -0.39 is 0 Å². The second-order valence-corrected chi connectivity index (χ2v) is 5.91. The standard InChI is InChI=1S/C15H11ClN2O2S/c16-10-3-6-12-13(8-10)21-15(18-12)20-11-4-1-9(2-5-11)7-14(17)19/h1-6,8H,7H2,(H2,17,19). The van der Waals surface area contributed by atoms with Gasteiger partial charge in [-0.05, 0) is 35.9 Å². The summed E-state index contributed by atoms with van der Waals surface area (Å²) in [6, 6.07) is 12.7. The van der Waals surface area contributed by atoms with Gasteiger partial charge >= 0.3 is 0 Å². The van der Waals surface area contributed by atoms with E-state index in [9.17, 15) is 4.79 Å². The second-order valence-electron chi connectivity index (χ2n) is 4.48. The Morgan fingerprint density at radius 2 is 2.00 bits per heavy atom. The maximum Gasteiger partial charge on any atom is 0.279 e. The maximum absolute atomic E-state index is 10.8. The Balaban J connectivity index is 1.79. The molecule has 0 bridgehead atoms. The van der Waals surface area contributed by atoms with E-state index >= 15 is 0 Å². The molecular formula is C15H11ClN2O2S. The molecule has 0 aliphatic carbocycles. The van der Waals surface area contributed by atoms with E-state index in [1.807, 2.05) is 24.3 Å². The van der Waals surface area contributed by atoms with Crippen molar-refractivity contribution in [1.82, 2.24) is 4.98 Å². The zero-order valence-corrected chi connectivity index (χ0v) is 12.4. The van der Waals surface area contributed by atoms with Gasteiger partial charge in [0.25, 0.3) is 5.19 Å². The van der Waals surface area contributed by atoms with Gasteiger partial charge in [-0.3, -0.25) is 4.79 Å². The molecule has 0 atom stereocenters. The fourth-order valence-electron chi connectivity index (χ4n) is 1.90. The molecule has 0 saturated heterocycles. The molecule has 1 heterocycles. The largest absolute Gasteiger partial charge is 0.431 e. The Bertz CT molecular complexity index is 799. The van der Waals surface area contributed by atoms with Crippen molar-refractivity contribution in [3.8, 4) is 10.9 Å². The molecule has 4 nitrogen and oxygen atoms in total. The normalized spacial score (nSPS) is 10.7. The predicted octanol–water partition coefficient (Wildman–Crippen LogP) is 3.77. The van der Waals surface area contributed by atoms with Gasteiger partial charge in [0.05, 0.1) is 16.6 Å². The number of halogens is 1. The van der Waals surface area contributed by atoms with E-state index in [1.54, 1.807) is 18.2 Å².